The Bertz CT molecular complexity index is 784. The molecule has 0 spiro atoms. The van der Waals surface area contributed by atoms with Gasteiger partial charge in [-0.2, -0.15) is 5.10 Å². The molecule has 1 aromatic heterocycles. The molecule has 0 aromatic carbocycles. The minimum atomic E-state index is -0.607. The van der Waals surface area contributed by atoms with Crippen molar-refractivity contribution in [3.8, 4) is 0 Å². The van der Waals surface area contributed by atoms with E-state index in [1.165, 1.54) is 0 Å². The molecule has 6 heteroatoms. The minimum Gasteiger partial charge on any atom is -0.345 e. The van der Waals surface area contributed by atoms with Gasteiger partial charge in [-0.05, 0) is 37.2 Å². The van der Waals surface area contributed by atoms with Crippen LogP contribution in [-0.2, 0) is 6.42 Å². The zero-order chi connectivity index (χ0) is 19.1. The number of halogens is 1. The topological polar surface area (TPSA) is 59.3 Å². The van der Waals surface area contributed by atoms with Crippen molar-refractivity contribution in [3.63, 3.8) is 0 Å². The van der Waals surface area contributed by atoms with Gasteiger partial charge < -0.3 is 5.32 Å². The number of carbonyl (C=O) groups is 1. The zero-order valence-electron chi connectivity index (χ0n) is 15.9. The predicted molar refractivity (Wildman–Crippen MR) is 101 cm³/mol. The Morgan fingerprint density at radius 1 is 1.54 bits per heavy atom. The lowest BCUT2D eigenvalue weighted by atomic mass is 9.87. The first-order valence-corrected chi connectivity index (χ1v) is 9.12. The van der Waals surface area contributed by atoms with Crippen LogP contribution in [0.1, 0.15) is 61.8 Å². The molecular weight excluding hydrogens is 331 g/mol. The Hall–Kier alpha value is -2.24. The Morgan fingerprint density at radius 2 is 2.27 bits per heavy atom. The molecule has 3 rings (SSSR count). The van der Waals surface area contributed by atoms with Crippen molar-refractivity contribution in [3.05, 3.63) is 41.9 Å². The second kappa shape index (κ2) is 6.82. The molecule has 140 valence electrons. The van der Waals surface area contributed by atoms with Gasteiger partial charge in [0.15, 0.2) is 11.5 Å². The van der Waals surface area contributed by atoms with Crippen LogP contribution in [0, 0.1) is 11.3 Å². The number of fused-ring (bicyclic) bond motifs is 3. The van der Waals surface area contributed by atoms with Gasteiger partial charge in [0.05, 0.1) is 11.7 Å². The molecule has 2 aliphatic carbocycles. The number of aliphatic imine (C=N–C) groups is 1. The maximum atomic E-state index is 13.4. The van der Waals surface area contributed by atoms with Crippen molar-refractivity contribution in [2.45, 2.75) is 52.5 Å². The van der Waals surface area contributed by atoms with Crippen LogP contribution < -0.4 is 5.32 Å². The van der Waals surface area contributed by atoms with Crippen molar-refractivity contribution in [1.82, 2.24) is 15.1 Å². The van der Waals surface area contributed by atoms with Crippen LogP contribution in [0.5, 0.6) is 0 Å². The fourth-order valence-electron chi connectivity index (χ4n) is 3.53. The first-order valence-electron chi connectivity index (χ1n) is 9.12. The largest absolute Gasteiger partial charge is 0.345 e. The van der Waals surface area contributed by atoms with Gasteiger partial charge in [-0.15, -0.1) is 0 Å². The van der Waals surface area contributed by atoms with Crippen molar-refractivity contribution < 1.29 is 9.18 Å². The highest BCUT2D eigenvalue weighted by molar-refractivity contribution is 5.99. The van der Waals surface area contributed by atoms with E-state index in [0.717, 1.165) is 24.1 Å². The minimum absolute atomic E-state index is 0.312. The monoisotopic (exact) mass is 358 g/mol. The standard InChI is InChI=1S/C20H27FN4O/c1-6-8-22-16(7-2)25-18-13-9-12(13)10-14(18)17(24-25)19(26)23-15(11-21)20(3,4)5/h6-8,12-13,15H,2,9-11H2,1,3-5H3,(H,23,26)/b8-6-,22-16?/t12-,13-,15-/m1/s1. The third kappa shape index (κ3) is 3.24. The maximum Gasteiger partial charge on any atom is 0.272 e. The SMILES string of the molecule is C=CC(=N/C=C\C)n1nc(C(=O)N[C@H](CF)C(C)(C)C)c2c1[C@@H]1C[C@@H]1C2. The summed E-state index contributed by atoms with van der Waals surface area (Å²) in [6, 6.07) is -0.553. The maximum absolute atomic E-state index is 13.4. The van der Waals surface area contributed by atoms with Crippen molar-refractivity contribution in [1.29, 1.82) is 0 Å². The first-order chi connectivity index (χ1) is 12.3. The normalized spacial score (nSPS) is 22.9. The Morgan fingerprint density at radius 3 is 2.85 bits per heavy atom. The predicted octanol–water partition coefficient (Wildman–Crippen LogP) is 3.62. The van der Waals surface area contributed by atoms with E-state index in [0.29, 0.717) is 23.4 Å². The van der Waals surface area contributed by atoms with Crippen LogP contribution in [0.3, 0.4) is 0 Å². The molecule has 1 fully saturated rings. The van der Waals surface area contributed by atoms with Crippen LogP contribution >= 0.6 is 0 Å². The highest BCUT2D eigenvalue weighted by Gasteiger charge is 2.50. The van der Waals surface area contributed by atoms with Crippen LogP contribution in [0.4, 0.5) is 4.39 Å². The molecular formula is C20H27FN4O. The second-order valence-electron chi connectivity index (χ2n) is 8.15. The van der Waals surface area contributed by atoms with Gasteiger partial charge in [0, 0.05) is 17.7 Å². The summed E-state index contributed by atoms with van der Waals surface area (Å²) in [7, 11) is 0. The lowest BCUT2D eigenvalue weighted by Crippen LogP contribution is -2.45. The molecule has 5 nitrogen and oxygen atoms in total. The van der Waals surface area contributed by atoms with Gasteiger partial charge in [0.2, 0.25) is 0 Å². The van der Waals surface area contributed by atoms with Gasteiger partial charge in [0.1, 0.15) is 6.67 Å². The molecule has 0 aliphatic heterocycles. The summed E-state index contributed by atoms with van der Waals surface area (Å²) < 4.78 is 15.2. The molecule has 1 amide bonds. The van der Waals surface area contributed by atoms with E-state index < -0.39 is 12.7 Å². The summed E-state index contributed by atoms with van der Waals surface area (Å²) in [4.78, 5) is 17.2. The Kier molecular flexibility index (Phi) is 4.86. The second-order valence-corrected chi connectivity index (χ2v) is 8.15. The molecule has 1 N–H and O–H groups in total. The van der Waals surface area contributed by atoms with E-state index in [2.05, 4.69) is 22.0 Å². The molecule has 26 heavy (non-hydrogen) atoms. The molecule has 2 aliphatic rings. The third-order valence-electron chi connectivity index (χ3n) is 5.24. The zero-order valence-corrected chi connectivity index (χ0v) is 15.9. The fourth-order valence-corrected chi connectivity index (χ4v) is 3.53. The molecule has 1 heterocycles. The van der Waals surface area contributed by atoms with Crippen LogP contribution in [0.15, 0.2) is 29.9 Å². The number of nitrogens with one attached hydrogen (secondary N) is 1. The van der Waals surface area contributed by atoms with Crippen molar-refractivity contribution in [2.24, 2.45) is 16.3 Å². The van der Waals surface area contributed by atoms with Gasteiger partial charge in [-0.3, -0.25) is 4.79 Å². The van der Waals surface area contributed by atoms with E-state index in [4.69, 9.17) is 0 Å². The average Bonchev–Trinajstić information content (AvgIpc) is 3.09. The van der Waals surface area contributed by atoms with Gasteiger partial charge >= 0.3 is 0 Å². The highest BCUT2D eigenvalue weighted by atomic mass is 19.1. The smallest absolute Gasteiger partial charge is 0.272 e. The molecule has 0 radical (unpaired) electrons. The van der Waals surface area contributed by atoms with Gasteiger partial charge in [-0.25, -0.2) is 14.1 Å². The number of aromatic nitrogens is 2. The molecule has 3 atom stereocenters. The van der Waals surface area contributed by atoms with E-state index in [-0.39, 0.29) is 11.3 Å². The number of amides is 1. The number of allylic oxidation sites excluding steroid dienone is 2. The van der Waals surface area contributed by atoms with Crippen molar-refractivity contribution >= 4 is 11.7 Å². The first kappa shape index (κ1) is 18.5. The van der Waals surface area contributed by atoms with Crippen LogP contribution in [-0.4, -0.2) is 34.2 Å². The van der Waals surface area contributed by atoms with Gasteiger partial charge in [0.25, 0.3) is 5.91 Å². The van der Waals surface area contributed by atoms with E-state index in [1.54, 1.807) is 17.0 Å². The fraction of sp³-hybridized carbons (Fsp3) is 0.550. The molecule has 0 unspecified atom stereocenters. The van der Waals surface area contributed by atoms with E-state index in [9.17, 15) is 9.18 Å². The van der Waals surface area contributed by atoms with Gasteiger partial charge in [-0.1, -0.05) is 33.4 Å². The lowest BCUT2D eigenvalue weighted by Gasteiger charge is -2.28. The number of alkyl halides is 1. The summed E-state index contributed by atoms with van der Waals surface area (Å²) in [6.07, 6.45) is 7.14. The number of hydrogen-bond donors (Lipinski definition) is 1. The number of carbonyl (C=O) groups excluding carboxylic acids is 1. The summed E-state index contributed by atoms with van der Waals surface area (Å²) in [5.74, 6) is 1.32. The summed E-state index contributed by atoms with van der Waals surface area (Å²) in [5.41, 5.74) is 2.07. The van der Waals surface area contributed by atoms with Crippen LogP contribution in [0.25, 0.3) is 0 Å². The quantitative estimate of drug-likeness (QED) is 0.645. The average molecular weight is 358 g/mol. The highest BCUT2D eigenvalue weighted by Crippen LogP contribution is 2.56. The third-order valence-corrected chi connectivity index (χ3v) is 5.24. The summed E-state index contributed by atoms with van der Waals surface area (Å²) >= 11 is 0. The molecule has 1 aromatic rings. The molecule has 0 bridgehead atoms. The molecule has 0 saturated heterocycles. The number of hydrogen-bond acceptors (Lipinski definition) is 3. The van der Waals surface area contributed by atoms with E-state index in [1.807, 2.05) is 33.8 Å². The van der Waals surface area contributed by atoms with Crippen molar-refractivity contribution in [2.75, 3.05) is 6.67 Å². The molecule has 1 saturated carbocycles. The summed E-state index contributed by atoms with van der Waals surface area (Å²) in [6.45, 7) is 10.8. The number of rotatable bonds is 5. The summed E-state index contributed by atoms with van der Waals surface area (Å²) in [5, 5.41) is 7.37. The lowest BCUT2D eigenvalue weighted by molar-refractivity contribution is 0.0879. The Labute approximate surface area is 154 Å². The van der Waals surface area contributed by atoms with E-state index >= 15 is 0 Å². The Balaban J connectivity index is 1.97. The number of nitrogens with zero attached hydrogens (tertiary/aromatic N) is 3. The van der Waals surface area contributed by atoms with Crippen LogP contribution in [0.2, 0.25) is 0 Å².